The number of carboxylic acids is 1. The molecule has 1 aliphatic rings. The minimum atomic E-state index is -1.96. The van der Waals surface area contributed by atoms with Gasteiger partial charge in [0.25, 0.3) is 17.5 Å². The molecule has 34 heavy (non-hydrogen) atoms. The number of benzene rings is 2. The molecule has 1 heterocycles. The summed E-state index contributed by atoms with van der Waals surface area (Å²) in [5.74, 6) is -2.59. The lowest BCUT2D eigenvalue weighted by molar-refractivity contribution is -0.384. The number of anilines is 1. The number of para-hydroxylation sites is 1. The van der Waals surface area contributed by atoms with Gasteiger partial charge in [0.05, 0.1) is 29.9 Å². The number of ether oxygens (including phenoxy) is 2. The van der Waals surface area contributed by atoms with E-state index >= 15 is 0 Å². The first-order valence-electron chi connectivity index (χ1n) is 9.76. The Balaban J connectivity index is 1.90. The van der Waals surface area contributed by atoms with Gasteiger partial charge in [-0.15, -0.1) is 0 Å². The van der Waals surface area contributed by atoms with Gasteiger partial charge in [0.15, 0.2) is 6.61 Å². The number of carbonyl (C=O) groups excluding carboxylic acids is 2. The van der Waals surface area contributed by atoms with E-state index in [9.17, 15) is 29.6 Å². The molecule has 13 nitrogen and oxygen atoms in total. The summed E-state index contributed by atoms with van der Waals surface area (Å²) >= 11 is 0. The number of nitrogens with one attached hydrogen (secondary N) is 1. The average molecular weight is 472 g/mol. The van der Waals surface area contributed by atoms with Crippen LogP contribution in [0.1, 0.15) is 18.4 Å². The number of rotatable bonds is 10. The fourth-order valence-electron chi connectivity index (χ4n) is 3.29. The highest BCUT2D eigenvalue weighted by Gasteiger charge is 2.49. The van der Waals surface area contributed by atoms with Crippen LogP contribution < -0.4 is 20.5 Å². The van der Waals surface area contributed by atoms with Gasteiger partial charge in [0.1, 0.15) is 11.5 Å². The van der Waals surface area contributed by atoms with Crippen LogP contribution in [-0.4, -0.2) is 52.8 Å². The van der Waals surface area contributed by atoms with Crippen LogP contribution >= 0.6 is 0 Å². The maximum atomic E-state index is 13.2. The lowest BCUT2D eigenvalue weighted by atomic mass is 9.89. The Labute approximate surface area is 192 Å². The van der Waals surface area contributed by atoms with Crippen LogP contribution in [0, 0.1) is 10.1 Å². The van der Waals surface area contributed by atoms with Gasteiger partial charge in [-0.3, -0.25) is 24.5 Å². The van der Waals surface area contributed by atoms with Crippen molar-refractivity contribution in [3.63, 3.8) is 0 Å². The zero-order chi connectivity index (χ0) is 24.9. The van der Waals surface area contributed by atoms with Crippen molar-refractivity contribution in [3.8, 4) is 11.5 Å². The summed E-state index contributed by atoms with van der Waals surface area (Å²) in [6.07, 6.45) is -1.02. The van der Waals surface area contributed by atoms with Gasteiger partial charge >= 0.3 is 5.97 Å². The number of hydrogen-bond donors (Lipinski definition) is 3. The van der Waals surface area contributed by atoms with E-state index < -0.39 is 41.3 Å². The number of nitro benzene ring substituents is 1. The van der Waals surface area contributed by atoms with E-state index in [0.717, 1.165) is 6.07 Å². The third kappa shape index (κ3) is 5.20. The molecule has 3 rings (SSSR count). The van der Waals surface area contributed by atoms with E-state index in [1.54, 1.807) is 24.3 Å². The number of nitrogens with two attached hydrogens (primary N) is 1. The fraction of sp³-hybridized carbons (Fsp3) is 0.238. The van der Waals surface area contributed by atoms with Crippen molar-refractivity contribution < 1.29 is 38.7 Å². The number of hydrogen-bond acceptors (Lipinski definition) is 9. The first-order valence-corrected chi connectivity index (χ1v) is 9.76. The predicted octanol–water partition coefficient (Wildman–Crippen LogP) is 1.44. The van der Waals surface area contributed by atoms with Crippen molar-refractivity contribution in [1.29, 1.82) is 0 Å². The maximum Gasteiger partial charge on any atom is 0.308 e. The van der Waals surface area contributed by atoms with Crippen molar-refractivity contribution in [2.24, 2.45) is 10.9 Å². The molecule has 4 N–H and O–H groups in total. The number of nitrogens with zero attached hydrogens (tertiary/aromatic N) is 2. The molecule has 1 atom stereocenters. The van der Waals surface area contributed by atoms with Crippen LogP contribution in [0.3, 0.4) is 0 Å². The Hall–Kier alpha value is -4.68. The highest BCUT2D eigenvalue weighted by molar-refractivity contribution is 6.10. The molecule has 0 saturated carbocycles. The van der Waals surface area contributed by atoms with Crippen molar-refractivity contribution in [3.05, 3.63) is 58.1 Å². The van der Waals surface area contributed by atoms with Crippen molar-refractivity contribution in [1.82, 2.24) is 0 Å². The van der Waals surface area contributed by atoms with Crippen LogP contribution in [0.5, 0.6) is 11.5 Å². The van der Waals surface area contributed by atoms with Gasteiger partial charge in [-0.1, -0.05) is 17.3 Å². The smallest absolute Gasteiger partial charge is 0.308 e. The molecule has 0 spiro atoms. The Bertz CT molecular complexity index is 1180. The number of carbonyl (C=O) groups is 3. The molecule has 0 aromatic heterocycles. The molecule has 2 amide bonds. The lowest BCUT2D eigenvalue weighted by Crippen LogP contribution is -2.45. The summed E-state index contributed by atoms with van der Waals surface area (Å²) in [6, 6.07) is 10.00. The second kappa shape index (κ2) is 9.85. The third-order valence-corrected chi connectivity index (χ3v) is 4.84. The molecule has 2 aromatic carbocycles. The normalized spacial score (nSPS) is 16.7. The first kappa shape index (κ1) is 24.0. The quantitative estimate of drug-likeness (QED) is 0.339. The summed E-state index contributed by atoms with van der Waals surface area (Å²) in [7, 11) is 1.31. The summed E-state index contributed by atoms with van der Waals surface area (Å²) in [5, 5.41) is 26.9. The molecule has 0 saturated heterocycles. The number of aliphatic carboxylic acids is 1. The number of nitro groups is 1. The second-order valence-corrected chi connectivity index (χ2v) is 7.22. The van der Waals surface area contributed by atoms with Crippen LogP contribution in [0.25, 0.3) is 0 Å². The lowest BCUT2D eigenvalue weighted by Gasteiger charge is -2.24. The molecule has 0 bridgehead atoms. The van der Waals surface area contributed by atoms with E-state index in [-0.39, 0.29) is 35.0 Å². The van der Waals surface area contributed by atoms with E-state index in [4.69, 9.17) is 20.0 Å². The number of primary amides is 1. The van der Waals surface area contributed by atoms with Gasteiger partial charge in [-0.05, 0) is 18.2 Å². The SMILES string of the molecule is COc1ccc([N+](=O)[O-])cc1NC(=O)C1(CC(=O)O)CC(c2ccccc2OCC(N)=O)=NO1. The van der Waals surface area contributed by atoms with Gasteiger partial charge in [0, 0.05) is 24.1 Å². The molecule has 0 aliphatic carbocycles. The summed E-state index contributed by atoms with van der Waals surface area (Å²) in [6.45, 7) is -0.404. The van der Waals surface area contributed by atoms with Crippen LogP contribution in [0.4, 0.5) is 11.4 Å². The standard InChI is InChI=1S/C21H20N4O9/c1-32-17-7-6-12(25(30)31)8-14(17)23-20(29)21(10-19(27)28)9-15(24-34-21)13-4-2-3-5-16(13)33-11-18(22)26/h2-8H,9-11H2,1H3,(H2,22,26)(H,23,29)(H,27,28). The maximum absolute atomic E-state index is 13.2. The second-order valence-electron chi connectivity index (χ2n) is 7.22. The van der Waals surface area contributed by atoms with E-state index in [1.807, 2.05) is 0 Å². The van der Waals surface area contributed by atoms with Crippen LogP contribution in [0.2, 0.25) is 0 Å². The number of non-ortho nitro benzene ring substituents is 1. The van der Waals surface area contributed by atoms with Gasteiger partial charge < -0.3 is 30.5 Å². The Kier molecular flexibility index (Phi) is 6.95. The summed E-state index contributed by atoms with van der Waals surface area (Å²) in [5.41, 5.74) is 3.36. The first-order chi connectivity index (χ1) is 16.1. The largest absolute Gasteiger partial charge is 0.495 e. The molecular weight excluding hydrogens is 452 g/mol. The molecule has 1 aliphatic heterocycles. The summed E-state index contributed by atoms with van der Waals surface area (Å²) < 4.78 is 10.5. The number of methoxy groups -OCH3 is 1. The molecule has 2 aromatic rings. The van der Waals surface area contributed by atoms with Gasteiger partial charge in [-0.25, -0.2) is 0 Å². The molecule has 0 fully saturated rings. The monoisotopic (exact) mass is 472 g/mol. The number of amides is 2. The van der Waals surface area contributed by atoms with Crippen LogP contribution in [-0.2, 0) is 19.2 Å². The average Bonchev–Trinajstić information content (AvgIpc) is 3.22. The Morgan fingerprint density at radius 3 is 2.65 bits per heavy atom. The summed E-state index contributed by atoms with van der Waals surface area (Å²) in [4.78, 5) is 51.7. The molecule has 1 unspecified atom stereocenters. The fourth-order valence-corrected chi connectivity index (χ4v) is 3.29. The minimum absolute atomic E-state index is 0.0475. The zero-order valence-corrected chi connectivity index (χ0v) is 17.8. The molecule has 178 valence electrons. The van der Waals surface area contributed by atoms with E-state index in [2.05, 4.69) is 10.5 Å². The van der Waals surface area contributed by atoms with Gasteiger partial charge in [0.2, 0.25) is 5.60 Å². The molecule has 0 radical (unpaired) electrons. The predicted molar refractivity (Wildman–Crippen MR) is 117 cm³/mol. The van der Waals surface area contributed by atoms with Crippen molar-refractivity contribution in [2.75, 3.05) is 19.0 Å². The Morgan fingerprint density at radius 2 is 2.00 bits per heavy atom. The van der Waals surface area contributed by atoms with Crippen molar-refractivity contribution in [2.45, 2.75) is 18.4 Å². The highest BCUT2D eigenvalue weighted by Crippen LogP contribution is 2.36. The Morgan fingerprint density at radius 1 is 1.26 bits per heavy atom. The van der Waals surface area contributed by atoms with E-state index in [1.165, 1.54) is 19.2 Å². The topological polar surface area (TPSA) is 193 Å². The zero-order valence-electron chi connectivity index (χ0n) is 17.8. The minimum Gasteiger partial charge on any atom is -0.495 e. The van der Waals surface area contributed by atoms with Gasteiger partial charge in [-0.2, -0.15) is 0 Å². The van der Waals surface area contributed by atoms with Crippen LogP contribution in [0.15, 0.2) is 47.6 Å². The number of carboxylic acid groups (broad SMARTS) is 1. The molecule has 13 heteroatoms. The number of oxime groups is 1. The van der Waals surface area contributed by atoms with E-state index in [0.29, 0.717) is 5.56 Å². The molecular formula is C21H20N4O9. The van der Waals surface area contributed by atoms with Crippen molar-refractivity contribution >= 4 is 34.9 Å². The highest BCUT2D eigenvalue weighted by atomic mass is 16.7. The third-order valence-electron chi connectivity index (χ3n) is 4.84.